The molecule has 1 aliphatic rings. The van der Waals surface area contributed by atoms with Gasteiger partial charge in [0, 0.05) is 19.6 Å². The third-order valence-electron chi connectivity index (χ3n) is 3.36. The van der Waals surface area contributed by atoms with Crippen LogP contribution in [-0.4, -0.2) is 43.6 Å². The topological polar surface area (TPSA) is 53.6 Å². The molecule has 1 saturated heterocycles. The zero-order valence-electron chi connectivity index (χ0n) is 10.7. The lowest BCUT2D eigenvalue weighted by Crippen LogP contribution is -2.38. The Morgan fingerprint density at radius 2 is 2.25 bits per heavy atom. The van der Waals surface area contributed by atoms with Gasteiger partial charge in [0.05, 0.1) is 0 Å². The van der Waals surface area contributed by atoms with Gasteiger partial charge in [-0.1, -0.05) is 6.42 Å². The fourth-order valence-electron chi connectivity index (χ4n) is 2.23. The minimum absolute atomic E-state index is 0.548. The van der Waals surface area contributed by atoms with E-state index in [9.17, 15) is 0 Å². The quantitative estimate of drug-likeness (QED) is 0.420. The molecule has 4 nitrogen and oxygen atoms in total. The van der Waals surface area contributed by atoms with Crippen LogP contribution in [0, 0.1) is 0 Å². The maximum atomic E-state index is 5.55. The predicted octanol–water partition coefficient (Wildman–Crippen LogP) is 1.18. The van der Waals surface area contributed by atoms with Crippen molar-refractivity contribution in [3.63, 3.8) is 0 Å². The highest BCUT2D eigenvalue weighted by molar-refractivity contribution is 5.77. The standard InChI is InChI=1S/C12H26N4/c1-11-7-3-5-9-16(11)10-6-4-8-15-12(13)14-2/h11H,3-10H2,1-2H3,(H3,13,14,15)/t11-/m0/s1. The van der Waals surface area contributed by atoms with Crippen molar-refractivity contribution in [3.05, 3.63) is 0 Å². The van der Waals surface area contributed by atoms with E-state index < -0.39 is 0 Å². The predicted molar refractivity (Wildman–Crippen MR) is 69.7 cm³/mol. The van der Waals surface area contributed by atoms with Gasteiger partial charge in [0.1, 0.15) is 0 Å². The Morgan fingerprint density at radius 3 is 2.94 bits per heavy atom. The van der Waals surface area contributed by atoms with Crippen molar-refractivity contribution in [1.82, 2.24) is 10.2 Å². The largest absolute Gasteiger partial charge is 0.370 e. The summed E-state index contributed by atoms with van der Waals surface area (Å²) in [6.07, 6.45) is 6.56. The number of aliphatic imine (C=N–C) groups is 1. The second kappa shape index (κ2) is 7.49. The molecule has 1 rings (SSSR count). The molecule has 0 aromatic carbocycles. The summed E-state index contributed by atoms with van der Waals surface area (Å²) in [4.78, 5) is 6.47. The lowest BCUT2D eigenvalue weighted by Gasteiger charge is -2.33. The molecular formula is C12H26N4. The van der Waals surface area contributed by atoms with Crippen molar-refractivity contribution in [2.24, 2.45) is 10.7 Å². The van der Waals surface area contributed by atoms with Crippen molar-refractivity contribution in [3.8, 4) is 0 Å². The summed E-state index contributed by atoms with van der Waals surface area (Å²) in [6, 6.07) is 0.781. The van der Waals surface area contributed by atoms with E-state index >= 15 is 0 Å². The molecule has 94 valence electrons. The minimum atomic E-state index is 0.548. The number of unbranched alkanes of at least 4 members (excludes halogenated alkanes) is 1. The summed E-state index contributed by atoms with van der Waals surface area (Å²) in [5.74, 6) is 0.548. The lowest BCUT2D eigenvalue weighted by atomic mass is 10.0. The molecule has 0 aromatic rings. The maximum Gasteiger partial charge on any atom is 0.188 e. The smallest absolute Gasteiger partial charge is 0.188 e. The average Bonchev–Trinajstić information content (AvgIpc) is 2.30. The normalized spacial score (nSPS) is 23.4. The van der Waals surface area contributed by atoms with Crippen molar-refractivity contribution < 1.29 is 0 Å². The van der Waals surface area contributed by atoms with Gasteiger partial charge < -0.3 is 16.0 Å². The Labute approximate surface area is 99.3 Å². The number of likely N-dealkylation sites (tertiary alicyclic amines) is 1. The number of rotatable bonds is 5. The van der Waals surface area contributed by atoms with Crippen LogP contribution in [0.4, 0.5) is 0 Å². The van der Waals surface area contributed by atoms with Gasteiger partial charge in [-0.25, -0.2) is 0 Å². The fraction of sp³-hybridized carbons (Fsp3) is 0.917. The summed E-state index contributed by atoms with van der Waals surface area (Å²) in [6.45, 7) is 5.80. The van der Waals surface area contributed by atoms with E-state index in [0.29, 0.717) is 5.96 Å². The molecule has 0 aromatic heterocycles. The first-order valence-electron chi connectivity index (χ1n) is 6.44. The van der Waals surface area contributed by atoms with E-state index in [2.05, 4.69) is 22.1 Å². The molecule has 0 radical (unpaired) electrons. The zero-order valence-corrected chi connectivity index (χ0v) is 10.7. The van der Waals surface area contributed by atoms with Crippen LogP contribution in [-0.2, 0) is 0 Å². The summed E-state index contributed by atoms with van der Waals surface area (Å²) in [5, 5.41) is 3.09. The number of hydrogen-bond acceptors (Lipinski definition) is 2. The van der Waals surface area contributed by atoms with Crippen molar-refractivity contribution >= 4 is 5.96 Å². The van der Waals surface area contributed by atoms with Crippen molar-refractivity contribution in [1.29, 1.82) is 0 Å². The van der Waals surface area contributed by atoms with Gasteiger partial charge in [-0.3, -0.25) is 4.99 Å². The Kier molecular flexibility index (Phi) is 6.23. The number of nitrogens with zero attached hydrogens (tertiary/aromatic N) is 2. The van der Waals surface area contributed by atoms with E-state index in [0.717, 1.165) is 12.6 Å². The van der Waals surface area contributed by atoms with Crippen LogP contribution in [0.2, 0.25) is 0 Å². The third-order valence-corrected chi connectivity index (χ3v) is 3.36. The Balaban J connectivity index is 2.02. The van der Waals surface area contributed by atoms with Crippen LogP contribution in [0.15, 0.2) is 4.99 Å². The van der Waals surface area contributed by atoms with Gasteiger partial charge in [0.25, 0.3) is 0 Å². The van der Waals surface area contributed by atoms with Crippen LogP contribution in [0.25, 0.3) is 0 Å². The van der Waals surface area contributed by atoms with Crippen molar-refractivity contribution in [2.75, 3.05) is 26.7 Å². The van der Waals surface area contributed by atoms with Crippen molar-refractivity contribution in [2.45, 2.75) is 45.1 Å². The maximum absolute atomic E-state index is 5.55. The number of guanidine groups is 1. The Morgan fingerprint density at radius 1 is 1.44 bits per heavy atom. The SMILES string of the molecule is CN=C(N)NCCCCN1CCCC[C@@H]1C. The monoisotopic (exact) mass is 226 g/mol. The Bertz CT molecular complexity index is 215. The number of nitrogens with one attached hydrogen (secondary N) is 1. The van der Waals surface area contributed by atoms with E-state index in [4.69, 9.17) is 5.73 Å². The molecule has 0 amide bonds. The second-order valence-corrected chi connectivity index (χ2v) is 4.62. The van der Waals surface area contributed by atoms with Crippen LogP contribution in [0.3, 0.4) is 0 Å². The molecule has 1 heterocycles. The zero-order chi connectivity index (χ0) is 11.8. The van der Waals surface area contributed by atoms with E-state index in [-0.39, 0.29) is 0 Å². The summed E-state index contributed by atoms with van der Waals surface area (Å²) < 4.78 is 0. The number of piperidine rings is 1. The molecule has 0 aliphatic carbocycles. The van der Waals surface area contributed by atoms with E-state index in [1.807, 2.05) is 0 Å². The summed E-state index contributed by atoms with van der Waals surface area (Å²) in [5.41, 5.74) is 5.55. The molecule has 0 saturated carbocycles. The molecule has 1 atom stereocenters. The highest BCUT2D eigenvalue weighted by atomic mass is 15.2. The molecule has 1 aliphatic heterocycles. The molecule has 0 unspecified atom stereocenters. The molecule has 0 bridgehead atoms. The molecule has 3 N–H and O–H groups in total. The summed E-state index contributed by atoms with van der Waals surface area (Å²) >= 11 is 0. The third kappa shape index (κ3) is 4.84. The Hall–Kier alpha value is -0.770. The molecular weight excluding hydrogens is 200 g/mol. The number of hydrogen-bond donors (Lipinski definition) is 2. The lowest BCUT2D eigenvalue weighted by molar-refractivity contribution is 0.158. The van der Waals surface area contributed by atoms with E-state index in [1.54, 1.807) is 7.05 Å². The first kappa shape index (κ1) is 13.3. The average molecular weight is 226 g/mol. The van der Waals surface area contributed by atoms with Gasteiger partial charge in [0.15, 0.2) is 5.96 Å². The first-order valence-corrected chi connectivity index (χ1v) is 6.44. The van der Waals surface area contributed by atoms with Gasteiger partial charge in [-0.05, 0) is 45.7 Å². The molecule has 0 spiro atoms. The van der Waals surface area contributed by atoms with Crippen LogP contribution in [0.1, 0.15) is 39.0 Å². The van der Waals surface area contributed by atoms with E-state index in [1.165, 1.54) is 45.2 Å². The molecule has 4 heteroatoms. The molecule has 16 heavy (non-hydrogen) atoms. The fourth-order valence-corrected chi connectivity index (χ4v) is 2.23. The van der Waals surface area contributed by atoms with Crippen LogP contribution < -0.4 is 11.1 Å². The first-order chi connectivity index (χ1) is 7.74. The van der Waals surface area contributed by atoms with Gasteiger partial charge >= 0.3 is 0 Å². The van der Waals surface area contributed by atoms with Crippen LogP contribution >= 0.6 is 0 Å². The highest BCUT2D eigenvalue weighted by Gasteiger charge is 2.16. The van der Waals surface area contributed by atoms with Gasteiger partial charge in [0.2, 0.25) is 0 Å². The van der Waals surface area contributed by atoms with Gasteiger partial charge in [-0.15, -0.1) is 0 Å². The molecule has 1 fully saturated rings. The minimum Gasteiger partial charge on any atom is -0.370 e. The van der Waals surface area contributed by atoms with Gasteiger partial charge in [-0.2, -0.15) is 0 Å². The number of nitrogens with two attached hydrogens (primary N) is 1. The van der Waals surface area contributed by atoms with Crippen LogP contribution in [0.5, 0.6) is 0 Å². The highest BCUT2D eigenvalue weighted by Crippen LogP contribution is 2.16. The second-order valence-electron chi connectivity index (χ2n) is 4.62. The summed E-state index contributed by atoms with van der Waals surface area (Å²) in [7, 11) is 1.71.